The summed E-state index contributed by atoms with van der Waals surface area (Å²) >= 11 is 0. The maximum Gasteiger partial charge on any atom is 0.262 e. The van der Waals surface area contributed by atoms with E-state index in [4.69, 9.17) is 4.52 Å². The summed E-state index contributed by atoms with van der Waals surface area (Å²) < 4.78 is 32.7. The Hall–Kier alpha value is -2.68. The monoisotopic (exact) mass is 404 g/mol. The van der Waals surface area contributed by atoms with E-state index in [1.165, 1.54) is 12.1 Å². The molecule has 0 radical (unpaired) electrons. The van der Waals surface area contributed by atoms with Crippen LogP contribution in [0.5, 0.6) is 0 Å². The minimum atomic E-state index is -3.69. The lowest BCUT2D eigenvalue weighted by Gasteiger charge is -2.10. The number of carbonyl (C=O) groups is 1. The van der Waals surface area contributed by atoms with Crippen LogP contribution in [0.15, 0.2) is 38.7 Å². The van der Waals surface area contributed by atoms with Crippen LogP contribution in [0.25, 0.3) is 0 Å². The summed E-state index contributed by atoms with van der Waals surface area (Å²) in [6.07, 6.45) is 3.74. The fourth-order valence-electron chi connectivity index (χ4n) is 3.01. The summed E-state index contributed by atoms with van der Waals surface area (Å²) in [6, 6.07) is 6.06. The SMILES string of the molecule is Cc1noc(C)c1CC(=O)Nc1ccc(S(=O)(=O)NC2=NCCCCC2)cc1. The highest BCUT2D eigenvalue weighted by Gasteiger charge is 2.18. The minimum Gasteiger partial charge on any atom is -0.361 e. The lowest BCUT2D eigenvalue weighted by atomic mass is 10.1. The quantitative estimate of drug-likeness (QED) is 0.795. The molecular formula is C19H24N4O4S. The molecule has 28 heavy (non-hydrogen) atoms. The number of aryl methyl sites for hydroxylation is 2. The number of rotatable bonds is 5. The normalized spacial score (nSPS) is 14.9. The highest BCUT2D eigenvalue weighted by atomic mass is 32.2. The number of amides is 1. The average Bonchev–Trinajstić information content (AvgIpc) is 2.85. The van der Waals surface area contributed by atoms with Crippen molar-refractivity contribution in [2.24, 2.45) is 4.99 Å². The predicted molar refractivity (Wildman–Crippen MR) is 106 cm³/mol. The molecule has 0 aliphatic carbocycles. The molecule has 1 aromatic heterocycles. The molecule has 1 amide bonds. The highest BCUT2D eigenvalue weighted by Crippen LogP contribution is 2.17. The van der Waals surface area contributed by atoms with Crippen molar-refractivity contribution in [1.29, 1.82) is 0 Å². The van der Waals surface area contributed by atoms with Crippen molar-refractivity contribution in [2.75, 3.05) is 11.9 Å². The number of sulfonamides is 1. The summed E-state index contributed by atoms with van der Waals surface area (Å²) in [6.45, 7) is 4.19. The minimum absolute atomic E-state index is 0.128. The van der Waals surface area contributed by atoms with Crippen LogP contribution >= 0.6 is 0 Å². The van der Waals surface area contributed by atoms with Gasteiger partial charge < -0.3 is 9.84 Å². The van der Waals surface area contributed by atoms with Gasteiger partial charge in [0, 0.05) is 24.2 Å². The number of benzene rings is 1. The summed E-state index contributed by atoms with van der Waals surface area (Å²) in [7, 11) is -3.69. The standard InChI is InChI=1S/C19H24N4O4S/c1-13-17(14(2)27-22-13)12-19(24)21-15-7-9-16(10-8-15)28(25,26)23-18-6-4-3-5-11-20-18/h7-10H,3-6,11-12H2,1-2H3,(H,20,23)(H,21,24). The van der Waals surface area contributed by atoms with Gasteiger partial charge in [-0.15, -0.1) is 0 Å². The molecule has 3 rings (SSSR count). The molecule has 150 valence electrons. The molecule has 0 spiro atoms. The number of aromatic nitrogens is 1. The van der Waals surface area contributed by atoms with Crippen LogP contribution in [0.3, 0.4) is 0 Å². The Kier molecular flexibility index (Phi) is 6.13. The van der Waals surface area contributed by atoms with E-state index in [0.717, 1.165) is 24.8 Å². The largest absolute Gasteiger partial charge is 0.361 e. The molecule has 9 heteroatoms. The first-order chi connectivity index (χ1) is 13.3. The van der Waals surface area contributed by atoms with Gasteiger partial charge in [0.15, 0.2) is 0 Å². The maximum atomic E-state index is 12.5. The van der Waals surface area contributed by atoms with E-state index >= 15 is 0 Å². The summed E-state index contributed by atoms with van der Waals surface area (Å²) in [5.74, 6) is 0.895. The van der Waals surface area contributed by atoms with E-state index in [1.807, 2.05) is 0 Å². The van der Waals surface area contributed by atoms with E-state index in [1.54, 1.807) is 26.0 Å². The van der Waals surface area contributed by atoms with Crippen LogP contribution in [0.4, 0.5) is 5.69 Å². The third-order valence-corrected chi connectivity index (χ3v) is 5.99. The molecule has 0 unspecified atom stereocenters. The van der Waals surface area contributed by atoms with Crippen molar-refractivity contribution in [3.05, 3.63) is 41.3 Å². The van der Waals surface area contributed by atoms with E-state index in [0.29, 0.717) is 35.9 Å². The number of nitrogens with zero attached hydrogens (tertiary/aromatic N) is 2. The number of anilines is 1. The van der Waals surface area contributed by atoms with E-state index in [2.05, 4.69) is 20.2 Å². The Balaban J connectivity index is 1.64. The second-order valence-electron chi connectivity index (χ2n) is 6.80. The van der Waals surface area contributed by atoms with E-state index < -0.39 is 10.0 Å². The molecule has 2 aromatic rings. The van der Waals surface area contributed by atoms with Crippen LogP contribution in [-0.4, -0.2) is 31.9 Å². The first-order valence-electron chi connectivity index (χ1n) is 9.23. The van der Waals surface area contributed by atoms with Crippen LogP contribution < -0.4 is 10.0 Å². The molecule has 1 aliphatic rings. The molecule has 2 heterocycles. The van der Waals surface area contributed by atoms with Gasteiger partial charge in [-0.1, -0.05) is 11.6 Å². The van der Waals surface area contributed by atoms with Gasteiger partial charge in [-0.3, -0.25) is 14.5 Å². The summed E-state index contributed by atoms with van der Waals surface area (Å²) in [5.41, 5.74) is 1.95. The average molecular weight is 404 g/mol. The van der Waals surface area contributed by atoms with Crippen LogP contribution in [0.2, 0.25) is 0 Å². The lowest BCUT2D eigenvalue weighted by molar-refractivity contribution is -0.115. The van der Waals surface area contributed by atoms with Crippen molar-refractivity contribution in [3.8, 4) is 0 Å². The van der Waals surface area contributed by atoms with E-state index in [-0.39, 0.29) is 17.2 Å². The predicted octanol–water partition coefficient (Wildman–Crippen LogP) is 2.72. The third-order valence-electron chi connectivity index (χ3n) is 4.59. The van der Waals surface area contributed by atoms with Gasteiger partial charge in [-0.2, -0.15) is 0 Å². The van der Waals surface area contributed by atoms with Crippen molar-refractivity contribution in [2.45, 2.75) is 50.8 Å². The van der Waals surface area contributed by atoms with Gasteiger partial charge in [-0.25, -0.2) is 8.42 Å². The Morgan fingerprint density at radius 1 is 1.14 bits per heavy atom. The lowest BCUT2D eigenvalue weighted by Crippen LogP contribution is -2.30. The second kappa shape index (κ2) is 8.55. The zero-order chi connectivity index (χ0) is 20.1. The van der Waals surface area contributed by atoms with Gasteiger partial charge in [-0.05, 0) is 51.0 Å². The fourth-order valence-corrected chi connectivity index (χ4v) is 4.10. The van der Waals surface area contributed by atoms with Crippen LogP contribution in [-0.2, 0) is 21.2 Å². The summed E-state index contributed by atoms with van der Waals surface area (Å²) in [5, 5.41) is 6.59. The van der Waals surface area contributed by atoms with Crippen LogP contribution in [0, 0.1) is 13.8 Å². The topological polar surface area (TPSA) is 114 Å². The van der Waals surface area contributed by atoms with Crippen molar-refractivity contribution >= 4 is 27.5 Å². The Morgan fingerprint density at radius 2 is 1.89 bits per heavy atom. The smallest absolute Gasteiger partial charge is 0.262 e. The van der Waals surface area contributed by atoms with Crippen molar-refractivity contribution < 1.29 is 17.7 Å². The molecule has 0 fully saturated rings. The Morgan fingerprint density at radius 3 is 2.57 bits per heavy atom. The maximum absolute atomic E-state index is 12.5. The molecule has 0 saturated carbocycles. The van der Waals surface area contributed by atoms with E-state index in [9.17, 15) is 13.2 Å². The zero-order valence-corrected chi connectivity index (χ0v) is 16.8. The molecule has 8 nitrogen and oxygen atoms in total. The number of amidine groups is 1. The van der Waals surface area contributed by atoms with Gasteiger partial charge >= 0.3 is 0 Å². The van der Waals surface area contributed by atoms with Crippen molar-refractivity contribution in [1.82, 2.24) is 9.88 Å². The first-order valence-corrected chi connectivity index (χ1v) is 10.7. The van der Waals surface area contributed by atoms with Gasteiger partial charge in [0.25, 0.3) is 10.0 Å². The summed E-state index contributed by atoms with van der Waals surface area (Å²) in [4.78, 5) is 16.7. The Labute approximate surface area is 164 Å². The number of hydrogen-bond acceptors (Lipinski definition) is 6. The van der Waals surface area contributed by atoms with Crippen LogP contribution in [0.1, 0.15) is 42.7 Å². The third kappa shape index (κ3) is 4.98. The first kappa shape index (κ1) is 20.1. The molecule has 1 aromatic carbocycles. The fraction of sp³-hybridized carbons (Fsp3) is 0.421. The molecule has 0 atom stereocenters. The zero-order valence-electron chi connectivity index (χ0n) is 16.0. The number of carbonyl (C=O) groups excluding carboxylic acids is 1. The molecule has 0 saturated heterocycles. The Bertz CT molecular complexity index is 958. The molecule has 0 bridgehead atoms. The highest BCUT2D eigenvalue weighted by molar-refractivity contribution is 7.90. The number of nitrogens with one attached hydrogen (secondary N) is 2. The van der Waals surface area contributed by atoms with Gasteiger partial charge in [0.2, 0.25) is 5.91 Å². The molecular weight excluding hydrogens is 380 g/mol. The van der Waals surface area contributed by atoms with Crippen molar-refractivity contribution in [3.63, 3.8) is 0 Å². The van der Waals surface area contributed by atoms with Gasteiger partial charge in [0.1, 0.15) is 11.6 Å². The molecule has 2 N–H and O–H groups in total. The van der Waals surface area contributed by atoms with Gasteiger partial charge in [0.05, 0.1) is 17.0 Å². The second-order valence-corrected chi connectivity index (χ2v) is 8.48. The number of hydrogen-bond donors (Lipinski definition) is 2. The molecule has 1 aliphatic heterocycles. The number of aliphatic imine (C=N–C) groups is 1.